The maximum absolute atomic E-state index is 11.6. The number of aryl methyl sites for hydroxylation is 2. The van der Waals surface area contributed by atoms with Crippen LogP contribution in [0.1, 0.15) is 30.4 Å². The van der Waals surface area contributed by atoms with Gasteiger partial charge in [-0.3, -0.25) is 14.5 Å². The van der Waals surface area contributed by atoms with Gasteiger partial charge in [0.1, 0.15) is 12.0 Å². The van der Waals surface area contributed by atoms with Crippen LogP contribution in [0.4, 0.5) is 0 Å². The number of aromatic nitrogens is 6. The monoisotopic (exact) mass is 384 g/mol. The molecule has 0 spiro atoms. The largest absolute Gasteiger partial charge is 0.295 e. The zero-order valence-corrected chi connectivity index (χ0v) is 16.3. The molecule has 4 aromatic rings. The van der Waals surface area contributed by atoms with Gasteiger partial charge in [-0.1, -0.05) is 6.07 Å². The third-order valence-corrected chi connectivity index (χ3v) is 5.19. The van der Waals surface area contributed by atoms with Crippen molar-refractivity contribution in [1.82, 2.24) is 29.4 Å². The van der Waals surface area contributed by atoms with E-state index in [9.17, 15) is 4.79 Å². The molecule has 0 aromatic carbocycles. The van der Waals surface area contributed by atoms with E-state index in [1.54, 1.807) is 10.6 Å². The summed E-state index contributed by atoms with van der Waals surface area (Å²) in [6, 6.07) is 9.96. The fourth-order valence-corrected chi connectivity index (χ4v) is 3.94. The minimum absolute atomic E-state index is 0.0196. The summed E-state index contributed by atoms with van der Waals surface area (Å²) < 4.78 is 3.85. The molecule has 0 bridgehead atoms. The van der Waals surface area contributed by atoms with Gasteiger partial charge < -0.3 is 0 Å². The molecule has 0 fully saturated rings. The topological polar surface area (TPSA) is 78.0 Å². The van der Waals surface area contributed by atoms with Gasteiger partial charge in [0.15, 0.2) is 11.4 Å². The zero-order valence-electron chi connectivity index (χ0n) is 16.3. The van der Waals surface area contributed by atoms with Crippen LogP contribution in [-0.2, 0) is 17.8 Å². The Labute approximate surface area is 167 Å². The molecule has 0 unspecified atom stereocenters. The average molecular weight is 384 g/mol. The molecule has 0 saturated heterocycles. The average Bonchev–Trinajstić information content (AvgIpc) is 3.41. The number of nitrogens with zero attached hydrogens (tertiary/aromatic N) is 6. The van der Waals surface area contributed by atoms with Gasteiger partial charge in [0.25, 0.3) is 0 Å². The van der Waals surface area contributed by atoms with Crippen LogP contribution < -0.4 is 0 Å². The lowest BCUT2D eigenvalue weighted by atomic mass is 9.97. The van der Waals surface area contributed by atoms with Crippen molar-refractivity contribution >= 4 is 17.5 Å². The third kappa shape index (κ3) is 2.95. The molecule has 144 valence electrons. The SMILES string of the molecule is CC(=O)/C=C/c1c(-c2c(-c3cccc(C)n3)nn3c2CCC3)ccc2ncnn12. The minimum Gasteiger partial charge on any atom is -0.295 e. The van der Waals surface area contributed by atoms with E-state index < -0.39 is 0 Å². The van der Waals surface area contributed by atoms with Gasteiger partial charge in [-0.15, -0.1) is 0 Å². The number of rotatable bonds is 4. The Balaban J connectivity index is 1.81. The molecule has 0 amide bonds. The first-order valence-corrected chi connectivity index (χ1v) is 9.67. The fraction of sp³-hybridized carbons (Fsp3) is 0.227. The number of pyridine rings is 2. The van der Waals surface area contributed by atoms with Crippen LogP contribution in [0.2, 0.25) is 0 Å². The lowest BCUT2D eigenvalue weighted by Crippen LogP contribution is -2.00. The number of hydrogen-bond donors (Lipinski definition) is 0. The normalized spacial score (nSPS) is 13.4. The Morgan fingerprint density at radius 2 is 2.10 bits per heavy atom. The summed E-state index contributed by atoms with van der Waals surface area (Å²) in [7, 11) is 0. The summed E-state index contributed by atoms with van der Waals surface area (Å²) in [5.74, 6) is -0.0196. The molecular formula is C22H20N6O. The maximum Gasteiger partial charge on any atom is 0.155 e. The minimum atomic E-state index is -0.0196. The van der Waals surface area contributed by atoms with E-state index in [-0.39, 0.29) is 5.78 Å². The van der Waals surface area contributed by atoms with Crippen molar-refractivity contribution in [2.75, 3.05) is 0 Å². The summed E-state index contributed by atoms with van der Waals surface area (Å²) in [4.78, 5) is 20.7. The summed E-state index contributed by atoms with van der Waals surface area (Å²) in [5.41, 5.74) is 7.43. The molecule has 7 heteroatoms. The van der Waals surface area contributed by atoms with Gasteiger partial charge in [0.05, 0.1) is 11.4 Å². The van der Waals surface area contributed by atoms with Crippen LogP contribution in [0.5, 0.6) is 0 Å². The molecule has 5 heterocycles. The number of ketones is 1. The lowest BCUT2D eigenvalue weighted by molar-refractivity contribution is -0.112. The number of carbonyl (C=O) groups is 1. The van der Waals surface area contributed by atoms with Crippen LogP contribution in [0.3, 0.4) is 0 Å². The van der Waals surface area contributed by atoms with E-state index in [4.69, 9.17) is 10.1 Å². The molecule has 29 heavy (non-hydrogen) atoms. The first-order chi connectivity index (χ1) is 14.1. The molecule has 0 atom stereocenters. The molecule has 5 rings (SSSR count). The smallest absolute Gasteiger partial charge is 0.155 e. The highest BCUT2D eigenvalue weighted by Crippen LogP contribution is 2.39. The Morgan fingerprint density at radius 1 is 1.21 bits per heavy atom. The van der Waals surface area contributed by atoms with Crippen molar-refractivity contribution in [1.29, 1.82) is 0 Å². The Morgan fingerprint density at radius 3 is 2.93 bits per heavy atom. The first kappa shape index (κ1) is 17.5. The highest BCUT2D eigenvalue weighted by molar-refractivity contribution is 5.94. The van der Waals surface area contributed by atoms with Crippen molar-refractivity contribution in [2.24, 2.45) is 0 Å². The van der Waals surface area contributed by atoms with Crippen LogP contribution in [0, 0.1) is 6.92 Å². The van der Waals surface area contributed by atoms with Gasteiger partial charge >= 0.3 is 0 Å². The van der Waals surface area contributed by atoms with E-state index >= 15 is 0 Å². The summed E-state index contributed by atoms with van der Waals surface area (Å²) >= 11 is 0. The summed E-state index contributed by atoms with van der Waals surface area (Å²) in [5, 5.41) is 9.28. The Hall–Kier alpha value is -3.61. The number of hydrogen-bond acceptors (Lipinski definition) is 5. The third-order valence-electron chi connectivity index (χ3n) is 5.19. The predicted molar refractivity (Wildman–Crippen MR) is 110 cm³/mol. The quantitative estimate of drug-likeness (QED) is 0.503. The first-order valence-electron chi connectivity index (χ1n) is 9.67. The van der Waals surface area contributed by atoms with Gasteiger partial charge in [-0.25, -0.2) is 9.50 Å². The fourth-order valence-electron chi connectivity index (χ4n) is 3.94. The molecule has 0 saturated carbocycles. The van der Waals surface area contributed by atoms with Crippen molar-refractivity contribution in [3.63, 3.8) is 0 Å². The second-order valence-corrected chi connectivity index (χ2v) is 7.27. The van der Waals surface area contributed by atoms with E-state index in [1.165, 1.54) is 18.9 Å². The standard InChI is InChI=1S/C22H20N6O/c1-14-5-3-6-17(25-14)22-21(19-7-4-12-27(19)26-22)16-9-11-20-23-13-24-28(20)18(16)10-8-15(2)29/h3,5-6,8-11,13H,4,7,12H2,1-2H3/b10-8+. The molecule has 7 nitrogen and oxygen atoms in total. The van der Waals surface area contributed by atoms with Crippen molar-refractivity contribution < 1.29 is 4.79 Å². The second kappa shape index (κ2) is 6.77. The number of allylic oxidation sites excluding steroid dienone is 1. The van der Waals surface area contributed by atoms with Crippen LogP contribution in [0.15, 0.2) is 42.7 Å². The van der Waals surface area contributed by atoms with Crippen LogP contribution >= 0.6 is 0 Å². The second-order valence-electron chi connectivity index (χ2n) is 7.27. The van der Waals surface area contributed by atoms with Gasteiger partial charge in [0.2, 0.25) is 0 Å². The highest BCUT2D eigenvalue weighted by Gasteiger charge is 2.26. The Kier molecular flexibility index (Phi) is 4.08. The lowest BCUT2D eigenvalue weighted by Gasteiger charge is -2.11. The van der Waals surface area contributed by atoms with Crippen molar-refractivity contribution in [3.8, 4) is 22.5 Å². The molecule has 0 N–H and O–H groups in total. The molecule has 4 aromatic heterocycles. The number of fused-ring (bicyclic) bond motifs is 2. The van der Waals surface area contributed by atoms with Crippen LogP contribution in [-0.4, -0.2) is 35.1 Å². The zero-order chi connectivity index (χ0) is 20.0. The van der Waals surface area contributed by atoms with Gasteiger partial charge in [-0.05, 0) is 63.1 Å². The summed E-state index contributed by atoms with van der Waals surface area (Å²) in [6.07, 6.45) is 6.93. The molecule has 1 aliphatic heterocycles. The van der Waals surface area contributed by atoms with E-state index in [0.29, 0.717) is 0 Å². The summed E-state index contributed by atoms with van der Waals surface area (Å²) in [6.45, 7) is 4.42. The molecule has 0 aliphatic carbocycles. The maximum atomic E-state index is 11.6. The van der Waals surface area contributed by atoms with Crippen LogP contribution in [0.25, 0.3) is 34.2 Å². The van der Waals surface area contributed by atoms with Gasteiger partial charge in [-0.2, -0.15) is 10.2 Å². The van der Waals surface area contributed by atoms with Crippen molar-refractivity contribution in [3.05, 3.63) is 59.8 Å². The van der Waals surface area contributed by atoms with E-state index in [1.807, 2.05) is 43.3 Å². The predicted octanol–water partition coefficient (Wildman–Crippen LogP) is 3.51. The van der Waals surface area contributed by atoms with Crippen molar-refractivity contribution in [2.45, 2.75) is 33.2 Å². The van der Waals surface area contributed by atoms with E-state index in [2.05, 4.69) is 14.8 Å². The molecule has 1 aliphatic rings. The van der Waals surface area contributed by atoms with Gasteiger partial charge in [0, 0.05) is 29.1 Å². The molecular weight excluding hydrogens is 364 g/mol. The molecule has 0 radical (unpaired) electrons. The highest BCUT2D eigenvalue weighted by atomic mass is 16.1. The number of carbonyl (C=O) groups excluding carboxylic acids is 1. The van der Waals surface area contributed by atoms with E-state index in [0.717, 1.165) is 58.9 Å². The Bertz CT molecular complexity index is 1280.